The zero-order valence-corrected chi connectivity index (χ0v) is 9.78. The molecular weight excluding hydrogens is 232 g/mol. The lowest BCUT2D eigenvalue weighted by atomic mass is 10.2. The van der Waals surface area contributed by atoms with Crippen LogP contribution in [0.4, 0.5) is 0 Å². The molecule has 0 aliphatic carbocycles. The summed E-state index contributed by atoms with van der Waals surface area (Å²) in [5.41, 5.74) is 1.84. The van der Waals surface area contributed by atoms with Gasteiger partial charge in [0.2, 0.25) is 12.0 Å². The van der Waals surface area contributed by atoms with Crippen molar-refractivity contribution in [1.82, 2.24) is 0 Å². The summed E-state index contributed by atoms with van der Waals surface area (Å²) in [5.74, 6) is 0.826. The quantitative estimate of drug-likeness (QED) is 0.647. The Morgan fingerprint density at radius 3 is 2.88 bits per heavy atom. The first-order valence-corrected chi connectivity index (χ1v) is 6.10. The van der Waals surface area contributed by atoms with E-state index < -0.39 is 0 Å². The van der Waals surface area contributed by atoms with Crippen molar-refractivity contribution in [3.63, 3.8) is 0 Å². The lowest BCUT2D eigenvalue weighted by Gasteiger charge is -1.90. The highest BCUT2D eigenvalue weighted by molar-refractivity contribution is 7.09. The monoisotopic (exact) mass is 241 g/mol. The van der Waals surface area contributed by atoms with Crippen LogP contribution < -0.4 is 4.40 Å². The van der Waals surface area contributed by atoms with Crippen LogP contribution in [0.2, 0.25) is 0 Å². The summed E-state index contributed by atoms with van der Waals surface area (Å²) in [5, 5.41) is 11.7. The van der Waals surface area contributed by atoms with Crippen LogP contribution in [0.3, 0.4) is 0 Å². The van der Waals surface area contributed by atoms with Crippen LogP contribution in [0.15, 0.2) is 46.3 Å². The number of nitrogens with zero attached hydrogens (tertiary/aromatic N) is 2. The summed E-state index contributed by atoms with van der Waals surface area (Å²) in [6, 6.07) is 12.1. The molecule has 2 aromatic heterocycles. The van der Waals surface area contributed by atoms with Gasteiger partial charge in [0.05, 0.1) is 6.07 Å². The van der Waals surface area contributed by atoms with Crippen molar-refractivity contribution in [2.75, 3.05) is 0 Å². The van der Waals surface area contributed by atoms with Crippen LogP contribution in [0.1, 0.15) is 5.01 Å². The second kappa shape index (κ2) is 4.04. The molecule has 4 heteroatoms. The van der Waals surface area contributed by atoms with Gasteiger partial charge in [-0.25, -0.2) is 0 Å². The average molecular weight is 241 g/mol. The summed E-state index contributed by atoms with van der Waals surface area (Å²) in [7, 11) is 0. The van der Waals surface area contributed by atoms with Crippen LogP contribution in [-0.2, 0) is 6.42 Å². The fourth-order valence-corrected chi connectivity index (χ4v) is 2.55. The zero-order chi connectivity index (χ0) is 11.7. The number of nitriles is 1. The number of benzene rings is 1. The van der Waals surface area contributed by atoms with Crippen molar-refractivity contribution in [3.8, 4) is 17.4 Å². The van der Waals surface area contributed by atoms with Gasteiger partial charge in [0.25, 0.3) is 5.01 Å². The first-order chi connectivity index (χ1) is 8.38. The Morgan fingerprint density at radius 2 is 2.12 bits per heavy atom. The number of aromatic nitrogens is 1. The second-order valence-corrected chi connectivity index (χ2v) is 4.58. The van der Waals surface area contributed by atoms with Crippen LogP contribution in [0, 0.1) is 11.3 Å². The summed E-state index contributed by atoms with van der Waals surface area (Å²) < 4.78 is 7.69. The van der Waals surface area contributed by atoms with E-state index in [4.69, 9.17) is 9.68 Å². The Balaban J connectivity index is 2.12. The SMILES string of the molecule is N#CCc1scc2oc(-c3ccccc3)c[n+]12. The third kappa shape index (κ3) is 1.71. The predicted octanol–water partition coefficient (Wildman–Crippen LogP) is 2.81. The molecule has 3 aromatic rings. The smallest absolute Gasteiger partial charge is 0.390 e. The van der Waals surface area contributed by atoms with Crippen molar-refractivity contribution in [3.05, 3.63) is 46.9 Å². The van der Waals surface area contributed by atoms with Crippen molar-refractivity contribution >= 4 is 17.1 Å². The number of thiazole rings is 1. The van der Waals surface area contributed by atoms with Crippen LogP contribution in [0.5, 0.6) is 0 Å². The summed E-state index contributed by atoms with van der Waals surface area (Å²) >= 11 is 1.54. The summed E-state index contributed by atoms with van der Waals surface area (Å²) in [6.07, 6.45) is 2.35. The molecule has 17 heavy (non-hydrogen) atoms. The largest absolute Gasteiger partial charge is 0.397 e. The fraction of sp³-hybridized carbons (Fsp3) is 0.0769. The number of rotatable bonds is 2. The average Bonchev–Trinajstić information content (AvgIpc) is 2.93. The van der Waals surface area contributed by atoms with E-state index in [-0.39, 0.29) is 0 Å². The number of fused-ring (bicyclic) bond motifs is 1. The Morgan fingerprint density at radius 1 is 1.29 bits per heavy atom. The molecule has 0 radical (unpaired) electrons. The molecule has 0 aliphatic heterocycles. The lowest BCUT2D eigenvalue weighted by molar-refractivity contribution is -0.516. The van der Waals surface area contributed by atoms with Crippen molar-refractivity contribution in [2.45, 2.75) is 6.42 Å². The summed E-state index contributed by atoms with van der Waals surface area (Å²) in [6.45, 7) is 0. The molecule has 0 saturated heterocycles. The fourth-order valence-electron chi connectivity index (χ4n) is 1.75. The second-order valence-electron chi connectivity index (χ2n) is 3.63. The van der Waals surface area contributed by atoms with Gasteiger partial charge in [0.1, 0.15) is 11.8 Å². The van der Waals surface area contributed by atoms with E-state index >= 15 is 0 Å². The molecule has 82 valence electrons. The van der Waals surface area contributed by atoms with E-state index in [1.165, 1.54) is 0 Å². The molecule has 0 unspecified atom stereocenters. The summed E-state index contributed by atoms with van der Waals surface area (Å²) in [4.78, 5) is 0. The van der Waals surface area contributed by atoms with Gasteiger partial charge in [-0.15, -0.1) is 4.40 Å². The van der Waals surface area contributed by atoms with Crippen LogP contribution in [-0.4, -0.2) is 0 Å². The van der Waals surface area contributed by atoms with Crippen LogP contribution in [0.25, 0.3) is 17.0 Å². The van der Waals surface area contributed by atoms with Crippen LogP contribution >= 0.6 is 11.3 Å². The standard InChI is InChI=1S/C13H9N2OS/c14-7-6-13-15-8-11(16-12(15)9-17-13)10-4-2-1-3-5-10/h1-5,8-9H,6H2/q+1. The van der Waals surface area contributed by atoms with Gasteiger partial charge in [-0.05, 0) is 0 Å². The molecule has 0 spiro atoms. The molecule has 1 aromatic carbocycles. The Labute approximate surface area is 102 Å². The highest BCUT2D eigenvalue weighted by Crippen LogP contribution is 2.21. The molecule has 0 aliphatic rings. The molecule has 0 saturated carbocycles. The van der Waals surface area contributed by atoms with Gasteiger partial charge in [-0.2, -0.15) is 5.26 Å². The van der Waals surface area contributed by atoms with E-state index in [0.29, 0.717) is 6.42 Å². The maximum atomic E-state index is 8.73. The van der Waals surface area contributed by atoms with Crippen molar-refractivity contribution in [1.29, 1.82) is 5.26 Å². The Bertz CT molecular complexity index is 691. The van der Waals surface area contributed by atoms with E-state index in [0.717, 1.165) is 22.0 Å². The van der Waals surface area contributed by atoms with Crippen molar-refractivity contribution in [2.24, 2.45) is 0 Å². The molecular formula is C13H9N2OS+. The third-order valence-electron chi connectivity index (χ3n) is 2.55. The normalized spacial score (nSPS) is 10.5. The van der Waals surface area contributed by atoms with Crippen molar-refractivity contribution < 1.29 is 8.82 Å². The van der Waals surface area contributed by atoms with E-state index in [1.807, 2.05) is 46.3 Å². The minimum atomic E-state index is 0.409. The van der Waals surface area contributed by atoms with Gasteiger partial charge >= 0.3 is 5.71 Å². The van der Waals surface area contributed by atoms with Gasteiger partial charge in [-0.3, -0.25) is 0 Å². The zero-order valence-electron chi connectivity index (χ0n) is 8.96. The van der Waals surface area contributed by atoms with E-state index in [1.54, 1.807) is 11.3 Å². The van der Waals surface area contributed by atoms with E-state index in [2.05, 4.69) is 6.07 Å². The molecule has 0 N–H and O–H groups in total. The Kier molecular flexibility index (Phi) is 2.39. The van der Waals surface area contributed by atoms with Gasteiger partial charge in [0.15, 0.2) is 0 Å². The molecule has 0 amide bonds. The van der Waals surface area contributed by atoms with Gasteiger partial charge < -0.3 is 4.42 Å². The molecule has 3 nitrogen and oxygen atoms in total. The maximum absolute atomic E-state index is 8.73. The highest BCUT2D eigenvalue weighted by atomic mass is 32.1. The third-order valence-corrected chi connectivity index (χ3v) is 3.48. The molecule has 0 bridgehead atoms. The van der Waals surface area contributed by atoms with Gasteiger partial charge in [0, 0.05) is 5.56 Å². The molecule has 3 rings (SSSR count). The highest BCUT2D eigenvalue weighted by Gasteiger charge is 2.19. The first kappa shape index (κ1) is 10.1. The number of oxazole rings is 1. The minimum absolute atomic E-state index is 0.409. The lowest BCUT2D eigenvalue weighted by Crippen LogP contribution is -2.19. The Hall–Kier alpha value is -2.12. The predicted molar refractivity (Wildman–Crippen MR) is 64.5 cm³/mol. The molecule has 0 fully saturated rings. The van der Waals surface area contributed by atoms with E-state index in [9.17, 15) is 0 Å². The maximum Gasteiger partial charge on any atom is 0.390 e. The molecule has 2 heterocycles. The van der Waals surface area contributed by atoms with Gasteiger partial charge in [-0.1, -0.05) is 41.7 Å². The minimum Gasteiger partial charge on any atom is -0.397 e. The molecule has 0 atom stereocenters. The number of hydrogen-bond acceptors (Lipinski definition) is 3. The first-order valence-electron chi connectivity index (χ1n) is 5.22. The topological polar surface area (TPSA) is 41.0 Å². The number of hydrogen-bond donors (Lipinski definition) is 0.